The molecular weight excluding hydrogens is 376 g/mol. The average molecular weight is 400 g/mol. The third-order valence-corrected chi connectivity index (χ3v) is 5.30. The van der Waals surface area contributed by atoms with Crippen LogP contribution in [0.3, 0.4) is 0 Å². The Labute approximate surface area is 168 Å². The number of nitrogens with one attached hydrogen (secondary N) is 2. The molecule has 1 saturated carbocycles. The lowest BCUT2D eigenvalue weighted by atomic mass is 9.86. The number of hydrogen-bond acceptors (Lipinski definition) is 9. The monoisotopic (exact) mass is 400 g/mol. The SMILES string of the molecule is N[C@H]1CC[C@H](CNc2nc(NCc3ccc4c(c3)OCO4)ncc2[N+](=O)[O-])CC1. The minimum absolute atomic E-state index is 0.133. The average Bonchev–Trinajstić information content (AvgIpc) is 3.19. The first-order valence-corrected chi connectivity index (χ1v) is 9.72. The molecule has 4 N–H and O–H groups in total. The van der Waals surface area contributed by atoms with Crippen LogP contribution in [-0.4, -0.2) is 34.3 Å². The van der Waals surface area contributed by atoms with E-state index in [0.717, 1.165) is 37.0 Å². The Morgan fingerprint density at radius 1 is 1.17 bits per heavy atom. The molecule has 1 fully saturated rings. The fourth-order valence-corrected chi connectivity index (χ4v) is 3.59. The van der Waals surface area contributed by atoms with Crippen molar-refractivity contribution in [3.05, 3.63) is 40.1 Å². The van der Waals surface area contributed by atoms with Gasteiger partial charge in [-0.05, 0) is 49.3 Å². The number of fused-ring (bicyclic) bond motifs is 1. The molecule has 0 spiro atoms. The number of benzene rings is 1. The Morgan fingerprint density at radius 2 is 1.97 bits per heavy atom. The zero-order valence-electron chi connectivity index (χ0n) is 16.0. The fourth-order valence-electron chi connectivity index (χ4n) is 3.59. The molecule has 0 atom stereocenters. The van der Waals surface area contributed by atoms with Crippen LogP contribution in [0.5, 0.6) is 11.5 Å². The Hall–Kier alpha value is -3.14. The predicted molar refractivity (Wildman–Crippen MR) is 107 cm³/mol. The molecule has 29 heavy (non-hydrogen) atoms. The van der Waals surface area contributed by atoms with Crippen molar-refractivity contribution in [3.8, 4) is 11.5 Å². The molecule has 1 aromatic heterocycles. The van der Waals surface area contributed by atoms with Gasteiger partial charge in [-0.25, -0.2) is 4.98 Å². The first-order chi connectivity index (χ1) is 14.1. The summed E-state index contributed by atoms with van der Waals surface area (Å²) in [6.07, 6.45) is 5.24. The third kappa shape index (κ3) is 4.65. The molecule has 2 aliphatic rings. The van der Waals surface area contributed by atoms with Crippen LogP contribution in [-0.2, 0) is 6.54 Å². The predicted octanol–water partition coefficient (Wildman–Crippen LogP) is 2.66. The zero-order valence-corrected chi connectivity index (χ0v) is 16.0. The number of hydrogen-bond donors (Lipinski definition) is 3. The molecule has 0 unspecified atom stereocenters. The molecule has 0 saturated heterocycles. The van der Waals surface area contributed by atoms with Gasteiger partial charge in [-0.2, -0.15) is 4.98 Å². The summed E-state index contributed by atoms with van der Waals surface area (Å²) >= 11 is 0. The normalized spacial score (nSPS) is 20.3. The van der Waals surface area contributed by atoms with E-state index in [0.29, 0.717) is 30.7 Å². The van der Waals surface area contributed by atoms with E-state index in [1.807, 2.05) is 18.2 Å². The first kappa shape index (κ1) is 19.2. The molecule has 0 bridgehead atoms. The number of rotatable bonds is 7. The van der Waals surface area contributed by atoms with Crippen molar-refractivity contribution in [3.63, 3.8) is 0 Å². The highest BCUT2D eigenvalue weighted by atomic mass is 16.7. The Morgan fingerprint density at radius 3 is 2.76 bits per heavy atom. The Kier molecular flexibility index (Phi) is 5.61. The van der Waals surface area contributed by atoms with E-state index in [1.165, 1.54) is 6.20 Å². The number of nitrogens with zero attached hydrogens (tertiary/aromatic N) is 3. The van der Waals surface area contributed by atoms with Crippen LogP contribution in [0, 0.1) is 16.0 Å². The summed E-state index contributed by atoms with van der Waals surface area (Å²) in [5.74, 6) is 2.41. The number of aromatic nitrogens is 2. The Balaban J connectivity index is 1.41. The molecular formula is C19H24N6O4. The topological polar surface area (TPSA) is 137 Å². The van der Waals surface area contributed by atoms with Crippen LogP contribution in [0.25, 0.3) is 0 Å². The van der Waals surface area contributed by atoms with Gasteiger partial charge in [0.05, 0.1) is 4.92 Å². The second-order valence-electron chi connectivity index (χ2n) is 7.39. The van der Waals surface area contributed by atoms with Crippen molar-refractivity contribution in [1.29, 1.82) is 0 Å². The number of anilines is 2. The van der Waals surface area contributed by atoms with E-state index in [1.54, 1.807) is 0 Å². The summed E-state index contributed by atoms with van der Waals surface area (Å²) in [5, 5.41) is 17.6. The van der Waals surface area contributed by atoms with Gasteiger partial charge in [0.25, 0.3) is 0 Å². The summed E-state index contributed by atoms with van der Waals surface area (Å²) in [6.45, 7) is 1.31. The lowest BCUT2D eigenvalue weighted by Crippen LogP contribution is -2.29. The maximum Gasteiger partial charge on any atom is 0.329 e. The second kappa shape index (κ2) is 8.48. The van der Waals surface area contributed by atoms with Gasteiger partial charge in [0, 0.05) is 19.1 Å². The van der Waals surface area contributed by atoms with Gasteiger partial charge in [-0.3, -0.25) is 10.1 Å². The van der Waals surface area contributed by atoms with Crippen LogP contribution < -0.4 is 25.8 Å². The van der Waals surface area contributed by atoms with Crippen molar-refractivity contribution in [2.45, 2.75) is 38.3 Å². The molecule has 10 nitrogen and oxygen atoms in total. The van der Waals surface area contributed by atoms with Crippen LogP contribution in [0.1, 0.15) is 31.2 Å². The number of nitrogens with two attached hydrogens (primary N) is 1. The van der Waals surface area contributed by atoms with Crippen LogP contribution in [0.15, 0.2) is 24.4 Å². The summed E-state index contributed by atoms with van der Waals surface area (Å²) in [5.41, 5.74) is 6.77. The standard InChI is InChI=1S/C19H24N6O4/c20-14-4-1-12(2-5-14)8-21-18-15(25(26)27)10-23-19(24-18)22-9-13-3-6-16-17(7-13)29-11-28-16/h3,6-7,10,12,14H,1-2,4-5,8-9,11,20H2,(H2,21,22,23,24)/t12-,14-. The van der Waals surface area contributed by atoms with Gasteiger partial charge in [0.15, 0.2) is 11.5 Å². The third-order valence-electron chi connectivity index (χ3n) is 5.30. The fraction of sp³-hybridized carbons (Fsp3) is 0.474. The van der Waals surface area contributed by atoms with Crippen LogP contribution >= 0.6 is 0 Å². The van der Waals surface area contributed by atoms with Crippen LogP contribution in [0.2, 0.25) is 0 Å². The van der Waals surface area contributed by atoms with Crippen molar-refractivity contribution in [2.75, 3.05) is 24.0 Å². The first-order valence-electron chi connectivity index (χ1n) is 9.72. The molecule has 0 radical (unpaired) electrons. The summed E-state index contributed by atoms with van der Waals surface area (Å²) in [4.78, 5) is 19.3. The summed E-state index contributed by atoms with van der Waals surface area (Å²) in [7, 11) is 0. The summed E-state index contributed by atoms with van der Waals surface area (Å²) < 4.78 is 10.7. The molecule has 154 valence electrons. The van der Waals surface area contributed by atoms with Gasteiger partial charge in [0.1, 0.15) is 6.20 Å². The van der Waals surface area contributed by atoms with E-state index in [2.05, 4.69) is 20.6 Å². The summed E-state index contributed by atoms with van der Waals surface area (Å²) in [6, 6.07) is 5.91. The van der Waals surface area contributed by atoms with Gasteiger partial charge in [0.2, 0.25) is 18.6 Å². The molecule has 1 aliphatic heterocycles. The Bertz CT molecular complexity index is 885. The van der Waals surface area contributed by atoms with Crippen LogP contribution in [0.4, 0.5) is 17.5 Å². The molecule has 4 rings (SSSR count). The molecule has 0 amide bonds. The van der Waals surface area contributed by atoms with E-state index in [9.17, 15) is 10.1 Å². The minimum Gasteiger partial charge on any atom is -0.454 e. The molecule has 10 heteroatoms. The quantitative estimate of drug-likeness (QED) is 0.473. The van der Waals surface area contributed by atoms with Gasteiger partial charge >= 0.3 is 5.69 Å². The number of nitro groups is 1. The highest BCUT2D eigenvalue weighted by Gasteiger charge is 2.22. The van der Waals surface area contributed by atoms with E-state index >= 15 is 0 Å². The lowest BCUT2D eigenvalue weighted by Gasteiger charge is -2.26. The highest BCUT2D eigenvalue weighted by Crippen LogP contribution is 2.32. The van der Waals surface area contributed by atoms with Crippen molar-refractivity contribution >= 4 is 17.5 Å². The maximum atomic E-state index is 11.3. The molecule has 1 aliphatic carbocycles. The molecule has 1 aromatic carbocycles. The van der Waals surface area contributed by atoms with Gasteiger partial charge < -0.3 is 25.8 Å². The highest BCUT2D eigenvalue weighted by molar-refractivity contribution is 5.57. The minimum atomic E-state index is -0.471. The molecule has 2 aromatic rings. The van der Waals surface area contributed by atoms with E-state index in [4.69, 9.17) is 15.2 Å². The smallest absolute Gasteiger partial charge is 0.329 e. The molecule has 2 heterocycles. The van der Waals surface area contributed by atoms with E-state index < -0.39 is 4.92 Å². The zero-order chi connectivity index (χ0) is 20.2. The van der Waals surface area contributed by atoms with E-state index in [-0.39, 0.29) is 24.3 Å². The largest absolute Gasteiger partial charge is 0.454 e. The van der Waals surface area contributed by atoms with Crippen molar-refractivity contribution in [2.24, 2.45) is 11.7 Å². The van der Waals surface area contributed by atoms with Gasteiger partial charge in [-0.15, -0.1) is 0 Å². The second-order valence-corrected chi connectivity index (χ2v) is 7.39. The number of ether oxygens (including phenoxy) is 2. The van der Waals surface area contributed by atoms with Crippen molar-refractivity contribution in [1.82, 2.24) is 9.97 Å². The van der Waals surface area contributed by atoms with Crippen molar-refractivity contribution < 1.29 is 14.4 Å². The van der Waals surface area contributed by atoms with Gasteiger partial charge in [-0.1, -0.05) is 6.07 Å². The maximum absolute atomic E-state index is 11.3. The lowest BCUT2D eigenvalue weighted by molar-refractivity contribution is -0.384.